The molecule has 0 saturated carbocycles. The lowest BCUT2D eigenvalue weighted by Gasteiger charge is -2.14. The standard InChI is InChI=1S/C19H12BF3N2O3/c20-16-9-8-14(26)17(25-16)18(27)24-13-6-1-2-7-15(13)28-12-5-3-4-11(10-12)19(21,22)23/h1-10,26H,(H,24,27). The Morgan fingerprint density at radius 3 is 2.57 bits per heavy atom. The highest BCUT2D eigenvalue weighted by Crippen LogP contribution is 2.34. The van der Waals surface area contributed by atoms with Gasteiger partial charge in [-0.05, 0) is 48.1 Å². The van der Waals surface area contributed by atoms with Crippen molar-refractivity contribution >= 4 is 25.0 Å². The summed E-state index contributed by atoms with van der Waals surface area (Å²) in [6.07, 6.45) is -4.51. The Hall–Kier alpha value is -3.49. The molecule has 2 aromatic carbocycles. The number of halogens is 3. The molecule has 0 atom stereocenters. The van der Waals surface area contributed by atoms with E-state index in [1.54, 1.807) is 12.1 Å². The SMILES string of the molecule is [B]c1ccc(O)c(C(=O)Nc2ccccc2Oc2cccc(C(F)(F)F)c2)n1. The third kappa shape index (κ3) is 4.43. The van der Waals surface area contributed by atoms with Gasteiger partial charge in [0.1, 0.15) is 19.3 Å². The molecule has 0 unspecified atom stereocenters. The zero-order chi connectivity index (χ0) is 20.3. The van der Waals surface area contributed by atoms with Crippen molar-refractivity contribution in [1.82, 2.24) is 4.98 Å². The number of nitrogens with one attached hydrogen (secondary N) is 1. The molecule has 1 heterocycles. The molecule has 3 rings (SSSR count). The van der Waals surface area contributed by atoms with Crippen LogP contribution >= 0.6 is 0 Å². The Bertz CT molecular complexity index is 1030. The van der Waals surface area contributed by atoms with Crippen LogP contribution in [0.25, 0.3) is 0 Å². The first-order valence-corrected chi connectivity index (χ1v) is 7.95. The fourth-order valence-corrected chi connectivity index (χ4v) is 2.34. The van der Waals surface area contributed by atoms with E-state index in [0.717, 1.165) is 12.1 Å². The molecule has 28 heavy (non-hydrogen) atoms. The first-order valence-electron chi connectivity index (χ1n) is 7.95. The number of aromatic nitrogens is 1. The van der Waals surface area contributed by atoms with Crippen LogP contribution in [0.4, 0.5) is 18.9 Å². The van der Waals surface area contributed by atoms with Crippen LogP contribution in [-0.4, -0.2) is 23.8 Å². The average Bonchev–Trinajstić information content (AvgIpc) is 2.65. The molecule has 0 spiro atoms. The third-order valence-corrected chi connectivity index (χ3v) is 3.63. The predicted molar refractivity (Wildman–Crippen MR) is 97.2 cm³/mol. The fraction of sp³-hybridized carbons (Fsp3) is 0.0526. The van der Waals surface area contributed by atoms with Crippen molar-refractivity contribution < 1.29 is 27.8 Å². The summed E-state index contributed by atoms with van der Waals surface area (Å²) in [7, 11) is 5.52. The minimum absolute atomic E-state index is 0.0384. The molecule has 1 aromatic heterocycles. The number of carbonyl (C=O) groups is 1. The average molecular weight is 384 g/mol. The summed E-state index contributed by atoms with van der Waals surface area (Å²) < 4.78 is 44.1. The Kier molecular flexibility index (Phi) is 5.26. The smallest absolute Gasteiger partial charge is 0.416 e. The number of carbonyl (C=O) groups excluding carboxylic acids is 1. The lowest BCUT2D eigenvalue weighted by molar-refractivity contribution is -0.137. The Balaban J connectivity index is 1.86. The lowest BCUT2D eigenvalue weighted by atomic mass is 10.0. The van der Waals surface area contributed by atoms with Gasteiger partial charge in [0.2, 0.25) is 0 Å². The number of amides is 1. The van der Waals surface area contributed by atoms with Crippen LogP contribution in [-0.2, 0) is 6.18 Å². The number of ether oxygens (including phenoxy) is 1. The normalized spacial score (nSPS) is 11.1. The van der Waals surface area contributed by atoms with E-state index in [1.807, 2.05) is 0 Å². The third-order valence-electron chi connectivity index (χ3n) is 3.63. The van der Waals surface area contributed by atoms with Gasteiger partial charge in [-0.25, -0.2) is 0 Å². The van der Waals surface area contributed by atoms with Crippen LogP contribution < -0.4 is 15.6 Å². The van der Waals surface area contributed by atoms with Gasteiger partial charge in [0.25, 0.3) is 5.91 Å². The van der Waals surface area contributed by atoms with Gasteiger partial charge >= 0.3 is 6.18 Å². The minimum atomic E-state index is -4.51. The molecule has 0 fully saturated rings. The summed E-state index contributed by atoms with van der Waals surface area (Å²) in [6.45, 7) is 0. The van der Waals surface area contributed by atoms with Gasteiger partial charge in [-0.15, -0.1) is 0 Å². The number of aromatic hydroxyl groups is 1. The summed E-state index contributed by atoms with van der Waals surface area (Å²) in [4.78, 5) is 16.2. The first kappa shape index (κ1) is 19.3. The Labute approximate surface area is 159 Å². The second kappa shape index (κ2) is 7.63. The molecule has 0 aliphatic heterocycles. The van der Waals surface area contributed by atoms with Crippen molar-refractivity contribution in [2.24, 2.45) is 0 Å². The Morgan fingerprint density at radius 1 is 1.07 bits per heavy atom. The molecule has 0 aliphatic rings. The van der Waals surface area contributed by atoms with Crippen LogP contribution in [0.5, 0.6) is 17.2 Å². The lowest BCUT2D eigenvalue weighted by Crippen LogP contribution is -2.19. The molecule has 140 valence electrons. The van der Waals surface area contributed by atoms with E-state index in [2.05, 4.69) is 10.3 Å². The zero-order valence-corrected chi connectivity index (χ0v) is 14.2. The molecule has 2 radical (unpaired) electrons. The van der Waals surface area contributed by atoms with E-state index < -0.39 is 17.6 Å². The predicted octanol–water partition coefficient (Wildman–Crippen LogP) is 3.64. The number of rotatable bonds is 4. The van der Waals surface area contributed by atoms with Crippen molar-refractivity contribution in [3.63, 3.8) is 0 Å². The van der Waals surface area contributed by atoms with Gasteiger partial charge in [-0.2, -0.15) is 13.2 Å². The monoisotopic (exact) mass is 384 g/mol. The van der Waals surface area contributed by atoms with E-state index in [1.165, 1.54) is 36.4 Å². The molecular formula is C19H12BF3N2O3. The second-order valence-electron chi connectivity index (χ2n) is 5.68. The van der Waals surface area contributed by atoms with Crippen LogP contribution in [0.2, 0.25) is 0 Å². The number of hydrogen-bond acceptors (Lipinski definition) is 4. The van der Waals surface area contributed by atoms with Crippen molar-refractivity contribution in [2.45, 2.75) is 6.18 Å². The van der Waals surface area contributed by atoms with Gasteiger partial charge in [-0.1, -0.05) is 18.2 Å². The van der Waals surface area contributed by atoms with Gasteiger partial charge in [0, 0.05) is 0 Å². The first-order chi connectivity index (χ1) is 13.2. The summed E-state index contributed by atoms with van der Waals surface area (Å²) in [5.74, 6) is -1.08. The zero-order valence-electron chi connectivity index (χ0n) is 14.2. The number of nitrogens with zero attached hydrogens (tertiary/aromatic N) is 1. The molecule has 2 N–H and O–H groups in total. The van der Waals surface area contributed by atoms with Gasteiger partial charge in [0.05, 0.1) is 11.3 Å². The van der Waals surface area contributed by atoms with E-state index >= 15 is 0 Å². The van der Waals surface area contributed by atoms with Crippen LogP contribution in [0.3, 0.4) is 0 Å². The van der Waals surface area contributed by atoms with Gasteiger partial charge in [-0.3, -0.25) is 9.78 Å². The fourth-order valence-electron chi connectivity index (χ4n) is 2.34. The van der Waals surface area contributed by atoms with E-state index in [0.29, 0.717) is 0 Å². The topological polar surface area (TPSA) is 71.5 Å². The number of benzene rings is 2. The highest BCUT2D eigenvalue weighted by molar-refractivity contribution is 6.31. The summed E-state index contributed by atoms with van der Waals surface area (Å²) >= 11 is 0. The number of pyridine rings is 1. The van der Waals surface area contributed by atoms with Gasteiger partial charge < -0.3 is 15.2 Å². The maximum absolute atomic E-state index is 12.9. The quantitative estimate of drug-likeness (QED) is 0.674. The molecule has 9 heteroatoms. The maximum Gasteiger partial charge on any atom is 0.416 e. The van der Waals surface area contributed by atoms with Crippen LogP contribution in [0, 0.1) is 0 Å². The van der Waals surface area contributed by atoms with Crippen LogP contribution in [0.1, 0.15) is 16.1 Å². The number of hydrogen-bond donors (Lipinski definition) is 2. The van der Waals surface area contributed by atoms with Crippen molar-refractivity contribution in [3.05, 3.63) is 71.9 Å². The van der Waals surface area contributed by atoms with Crippen LogP contribution in [0.15, 0.2) is 60.7 Å². The molecule has 1 amide bonds. The summed E-state index contributed by atoms with van der Waals surface area (Å²) in [5, 5.41) is 12.3. The maximum atomic E-state index is 12.9. The second-order valence-corrected chi connectivity index (χ2v) is 5.68. The number of anilines is 1. The summed E-state index contributed by atoms with van der Waals surface area (Å²) in [5.41, 5.74) is -0.945. The van der Waals surface area contributed by atoms with Gasteiger partial charge in [0.15, 0.2) is 11.4 Å². The molecular weight excluding hydrogens is 372 g/mol. The number of alkyl halides is 3. The minimum Gasteiger partial charge on any atom is -0.505 e. The van der Waals surface area contributed by atoms with Crippen molar-refractivity contribution in [3.8, 4) is 17.2 Å². The molecule has 3 aromatic rings. The molecule has 0 saturated heterocycles. The Morgan fingerprint density at radius 2 is 1.82 bits per heavy atom. The molecule has 5 nitrogen and oxygen atoms in total. The highest BCUT2D eigenvalue weighted by Gasteiger charge is 2.30. The van der Waals surface area contributed by atoms with E-state index in [-0.39, 0.29) is 34.2 Å². The molecule has 0 aliphatic carbocycles. The number of para-hydroxylation sites is 2. The van der Waals surface area contributed by atoms with E-state index in [4.69, 9.17) is 12.6 Å². The van der Waals surface area contributed by atoms with E-state index in [9.17, 15) is 23.1 Å². The van der Waals surface area contributed by atoms with Crippen molar-refractivity contribution in [1.29, 1.82) is 0 Å². The highest BCUT2D eigenvalue weighted by atomic mass is 19.4. The molecule has 0 bridgehead atoms. The summed E-state index contributed by atoms with van der Waals surface area (Å²) in [6, 6.07) is 13.1. The van der Waals surface area contributed by atoms with Crippen molar-refractivity contribution in [2.75, 3.05) is 5.32 Å². The largest absolute Gasteiger partial charge is 0.505 e.